The third-order valence-electron chi connectivity index (χ3n) is 6.95. The number of hydrogen-bond donors (Lipinski definition) is 2. The summed E-state index contributed by atoms with van der Waals surface area (Å²) in [5, 5.41) is 18.7. The molecule has 0 aliphatic rings. The minimum Gasteiger partial charge on any atom is -0.478 e. The van der Waals surface area contributed by atoms with Crippen LogP contribution in [0.5, 0.6) is 11.5 Å². The van der Waals surface area contributed by atoms with Crippen LogP contribution in [0, 0.1) is 0 Å². The van der Waals surface area contributed by atoms with Crippen LogP contribution >= 0.6 is 0 Å². The summed E-state index contributed by atoms with van der Waals surface area (Å²) in [4.78, 5) is 45.9. The lowest BCUT2D eigenvalue weighted by Gasteiger charge is -2.15. The molecule has 0 heterocycles. The van der Waals surface area contributed by atoms with E-state index in [1.165, 1.54) is 0 Å². The average Bonchev–Trinajstić information content (AvgIpc) is 3.01. The van der Waals surface area contributed by atoms with E-state index in [9.17, 15) is 29.4 Å². The Morgan fingerprint density at radius 1 is 0.614 bits per heavy atom. The molecule has 2 aromatic carbocycles. The van der Waals surface area contributed by atoms with Gasteiger partial charge in [0.1, 0.15) is 11.5 Å². The highest BCUT2D eigenvalue weighted by Gasteiger charge is 2.18. The number of aryl methyl sites for hydroxylation is 4. The average molecular weight is 609 g/mol. The SMILES string of the molecule is C=CC(=O)Oc1c(CCCC)cc(C(=O)O)cc1CCCC.C=CC(=O)Oc1cc(CCCC)c(C(=O)O)cc1CCCC. The first-order valence-corrected chi connectivity index (χ1v) is 15.5. The Kier molecular flexibility index (Phi) is 17.8. The van der Waals surface area contributed by atoms with E-state index in [1.807, 2.05) is 0 Å². The van der Waals surface area contributed by atoms with Gasteiger partial charge in [0, 0.05) is 12.2 Å². The van der Waals surface area contributed by atoms with Crippen LogP contribution in [-0.2, 0) is 35.3 Å². The summed E-state index contributed by atoms with van der Waals surface area (Å²) < 4.78 is 10.7. The molecule has 0 saturated carbocycles. The zero-order valence-electron chi connectivity index (χ0n) is 26.7. The first-order valence-electron chi connectivity index (χ1n) is 15.5. The van der Waals surface area contributed by atoms with Gasteiger partial charge in [-0.2, -0.15) is 0 Å². The van der Waals surface area contributed by atoms with Crippen LogP contribution in [-0.4, -0.2) is 34.1 Å². The van der Waals surface area contributed by atoms with Gasteiger partial charge in [-0.15, -0.1) is 0 Å². The predicted octanol–water partition coefficient (Wildman–Crippen LogP) is 8.32. The van der Waals surface area contributed by atoms with Crippen molar-refractivity contribution in [2.75, 3.05) is 0 Å². The van der Waals surface area contributed by atoms with Crippen LogP contribution in [0.4, 0.5) is 0 Å². The summed E-state index contributed by atoms with van der Waals surface area (Å²) >= 11 is 0. The minimum absolute atomic E-state index is 0.246. The number of unbranched alkanes of at least 4 members (excludes halogenated alkanes) is 4. The van der Waals surface area contributed by atoms with Gasteiger partial charge in [0.15, 0.2) is 0 Å². The molecule has 240 valence electrons. The molecule has 0 atom stereocenters. The zero-order valence-corrected chi connectivity index (χ0v) is 26.7. The molecular weight excluding hydrogens is 560 g/mol. The lowest BCUT2D eigenvalue weighted by atomic mass is 9.96. The maximum atomic E-state index is 11.6. The summed E-state index contributed by atoms with van der Waals surface area (Å²) in [6.07, 6.45) is 12.5. The van der Waals surface area contributed by atoms with Crippen molar-refractivity contribution in [2.45, 2.75) is 105 Å². The molecule has 0 saturated heterocycles. The Hall–Kier alpha value is -4.20. The molecular formula is C36H48O8. The number of carboxylic acid groups (broad SMARTS) is 2. The van der Waals surface area contributed by atoms with Crippen LogP contribution in [0.15, 0.2) is 49.6 Å². The molecule has 0 aliphatic carbocycles. The van der Waals surface area contributed by atoms with Crippen molar-refractivity contribution in [3.8, 4) is 11.5 Å². The van der Waals surface area contributed by atoms with Crippen LogP contribution in [0.25, 0.3) is 0 Å². The maximum Gasteiger partial charge on any atom is 0.335 e. The fraction of sp³-hybridized carbons (Fsp3) is 0.444. The third-order valence-corrected chi connectivity index (χ3v) is 6.95. The van der Waals surface area contributed by atoms with Crippen molar-refractivity contribution in [1.29, 1.82) is 0 Å². The number of carbonyl (C=O) groups is 4. The van der Waals surface area contributed by atoms with Gasteiger partial charge in [-0.3, -0.25) is 0 Å². The van der Waals surface area contributed by atoms with E-state index in [0.717, 1.165) is 80.2 Å². The fourth-order valence-corrected chi connectivity index (χ4v) is 4.50. The molecule has 44 heavy (non-hydrogen) atoms. The summed E-state index contributed by atoms with van der Waals surface area (Å²) in [6.45, 7) is 15.1. The molecule has 8 heteroatoms. The number of esters is 2. The summed E-state index contributed by atoms with van der Waals surface area (Å²) in [6, 6.07) is 6.57. The number of ether oxygens (including phenoxy) is 2. The smallest absolute Gasteiger partial charge is 0.335 e. The van der Waals surface area contributed by atoms with Crippen LogP contribution in [0.2, 0.25) is 0 Å². The standard InChI is InChI=1S/2C18H24O4/c1-4-7-9-13-12-16(22-17(19)6-3)14(10-8-5-2)11-15(13)18(20)21;1-4-7-9-13-11-15(18(20)21)12-14(10-8-5-2)17(13)22-16(19)6-3/h2*6,11-12H,3-5,7-10H2,1-2H3,(H,20,21). The molecule has 2 N–H and O–H groups in total. The van der Waals surface area contributed by atoms with Gasteiger partial charge < -0.3 is 19.7 Å². The van der Waals surface area contributed by atoms with E-state index in [0.29, 0.717) is 48.3 Å². The first kappa shape index (κ1) is 37.8. The zero-order chi connectivity index (χ0) is 33.1. The lowest BCUT2D eigenvalue weighted by Crippen LogP contribution is -2.10. The van der Waals surface area contributed by atoms with Crippen LogP contribution < -0.4 is 9.47 Å². The molecule has 0 aromatic heterocycles. The Bertz CT molecular complexity index is 1260. The van der Waals surface area contributed by atoms with Crippen molar-refractivity contribution in [2.24, 2.45) is 0 Å². The maximum absolute atomic E-state index is 11.6. The predicted molar refractivity (Wildman–Crippen MR) is 173 cm³/mol. The van der Waals surface area contributed by atoms with Crippen molar-refractivity contribution < 1.29 is 38.9 Å². The Labute approximate surface area is 261 Å². The quantitative estimate of drug-likeness (QED) is 0.0982. The Morgan fingerprint density at radius 3 is 1.45 bits per heavy atom. The van der Waals surface area contributed by atoms with Gasteiger partial charge in [-0.1, -0.05) is 66.5 Å². The van der Waals surface area contributed by atoms with Crippen molar-refractivity contribution in [3.63, 3.8) is 0 Å². The first-order chi connectivity index (χ1) is 21.1. The minimum atomic E-state index is -0.961. The highest BCUT2D eigenvalue weighted by Crippen LogP contribution is 2.30. The second-order valence-corrected chi connectivity index (χ2v) is 10.5. The molecule has 0 amide bonds. The molecule has 0 spiro atoms. The molecule has 0 aliphatic heterocycles. The second-order valence-electron chi connectivity index (χ2n) is 10.5. The Balaban J connectivity index is 0.000000440. The van der Waals surface area contributed by atoms with Gasteiger partial charge in [0.2, 0.25) is 0 Å². The number of hydrogen-bond acceptors (Lipinski definition) is 6. The largest absolute Gasteiger partial charge is 0.478 e. The molecule has 2 aromatic rings. The number of benzene rings is 2. The van der Waals surface area contributed by atoms with Crippen molar-refractivity contribution >= 4 is 23.9 Å². The monoisotopic (exact) mass is 608 g/mol. The van der Waals surface area contributed by atoms with Gasteiger partial charge in [-0.25, -0.2) is 19.2 Å². The van der Waals surface area contributed by atoms with Crippen LogP contribution in [0.3, 0.4) is 0 Å². The molecule has 0 radical (unpaired) electrons. The van der Waals surface area contributed by atoms with E-state index >= 15 is 0 Å². The lowest BCUT2D eigenvalue weighted by molar-refractivity contribution is -0.129. The summed E-state index contributed by atoms with van der Waals surface area (Å²) in [5.41, 5.74) is 3.58. The van der Waals surface area contributed by atoms with Crippen molar-refractivity contribution in [3.05, 3.63) is 83.0 Å². The highest BCUT2D eigenvalue weighted by molar-refractivity contribution is 5.91. The number of carboxylic acids is 2. The van der Waals surface area contributed by atoms with E-state index in [2.05, 4.69) is 40.9 Å². The molecule has 0 unspecified atom stereocenters. The van der Waals surface area contributed by atoms with Gasteiger partial charge in [0.05, 0.1) is 11.1 Å². The molecule has 8 nitrogen and oxygen atoms in total. The normalized spacial score (nSPS) is 10.3. The van der Waals surface area contributed by atoms with E-state index in [-0.39, 0.29) is 5.56 Å². The number of rotatable bonds is 18. The highest BCUT2D eigenvalue weighted by atomic mass is 16.5. The number of aromatic carboxylic acids is 2. The van der Waals surface area contributed by atoms with E-state index < -0.39 is 23.9 Å². The summed E-state index contributed by atoms with van der Waals surface area (Å²) in [5.74, 6) is -1.98. The van der Waals surface area contributed by atoms with Gasteiger partial charge in [-0.05, 0) is 97.9 Å². The number of carbonyl (C=O) groups excluding carboxylic acids is 2. The Morgan fingerprint density at radius 2 is 1.05 bits per heavy atom. The van der Waals surface area contributed by atoms with E-state index in [4.69, 9.17) is 9.47 Å². The van der Waals surface area contributed by atoms with E-state index in [1.54, 1.807) is 24.3 Å². The van der Waals surface area contributed by atoms with Gasteiger partial charge in [0.25, 0.3) is 0 Å². The second kappa shape index (κ2) is 20.7. The van der Waals surface area contributed by atoms with Crippen LogP contribution in [0.1, 0.15) is 122 Å². The van der Waals surface area contributed by atoms with Gasteiger partial charge >= 0.3 is 23.9 Å². The summed E-state index contributed by atoms with van der Waals surface area (Å²) in [7, 11) is 0. The molecule has 2 rings (SSSR count). The third kappa shape index (κ3) is 12.6. The topological polar surface area (TPSA) is 127 Å². The molecule has 0 fully saturated rings. The molecule has 0 bridgehead atoms. The fourth-order valence-electron chi connectivity index (χ4n) is 4.50. The van der Waals surface area contributed by atoms with Crippen molar-refractivity contribution in [1.82, 2.24) is 0 Å².